The van der Waals surface area contributed by atoms with E-state index >= 15 is 0 Å². The van der Waals surface area contributed by atoms with Gasteiger partial charge >= 0.3 is 6.18 Å². The average molecular weight is 689 g/mol. The molecule has 0 aliphatic heterocycles. The molecule has 3 aromatic carbocycles. The maximum absolute atomic E-state index is 13.9. The molecule has 0 unspecified atom stereocenters. The first-order chi connectivity index (χ1) is 19.6. The molecule has 13 heteroatoms. The number of hydrogen-bond donors (Lipinski definition) is 1. The number of benzene rings is 3. The fourth-order valence-electron chi connectivity index (χ4n) is 4.06. The van der Waals surface area contributed by atoms with Gasteiger partial charge in [0.2, 0.25) is 11.8 Å². The van der Waals surface area contributed by atoms with Crippen LogP contribution >= 0.6 is 27.5 Å². The Kier molecular flexibility index (Phi) is 11.1. The van der Waals surface area contributed by atoms with E-state index < -0.39 is 56.9 Å². The van der Waals surface area contributed by atoms with Crippen LogP contribution in [0.5, 0.6) is 0 Å². The molecular formula is C29H30BrClF3N3O4S. The number of carbonyl (C=O) groups excluding carboxylic acids is 2. The van der Waals surface area contributed by atoms with E-state index in [4.69, 9.17) is 11.6 Å². The molecule has 3 aromatic rings. The van der Waals surface area contributed by atoms with Crippen molar-refractivity contribution < 1.29 is 31.2 Å². The first-order valence-corrected chi connectivity index (χ1v) is 15.5. The number of sulfonamides is 1. The second-order valence-corrected chi connectivity index (χ2v) is 12.8. The first kappa shape index (κ1) is 33.4. The molecule has 0 saturated carbocycles. The van der Waals surface area contributed by atoms with Gasteiger partial charge in [0.15, 0.2) is 0 Å². The van der Waals surface area contributed by atoms with Crippen molar-refractivity contribution in [3.63, 3.8) is 0 Å². The summed E-state index contributed by atoms with van der Waals surface area (Å²) >= 11 is 9.17. The smallest absolute Gasteiger partial charge is 0.354 e. The van der Waals surface area contributed by atoms with Crippen LogP contribution in [-0.2, 0) is 32.3 Å². The van der Waals surface area contributed by atoms with Gasteiger partial charge in [0.1, 0.15) is 12.6 Å². The van der Waals surface area contributed by atoms with E-state index in [2.05, 4.69) is 21.2 Å². The Bertz CT molecular complexity index is 1540. The van der Waals surface area contributed by atoms with Crippen LogP contribution in [0.15, 0.2) is 76.1 Å². The lowest BCUT2D eigenvalue weighted by molar-refractivity contribution is -0.139. The van der Waals surface area contributed by atoms with Crippen molar-refractivity contribution in [2.45, 2.75) is 50.9 Å². The first-order valence-electron chi connectivity index (χ1n) is 12.9. The van der Waals surface area contributed by atoms with Gasteiger partial charge in [-0.3, -0.25) is 13.9 Å². The third kappa shape index (κ3) is 8.26. The molecule has 226 valence electrons. The van der Waals surface area contributed by atoms with Gasteiger partial charge in [-0.15, -0.1) is 0 Å². The van der Waals surface area contributed by atoms with Crippen molar-refractivity contribution in [3.05, 3.63) is 92.9 Å². The summed E-state index contributed by atoms with van der Waals surface area (Å²) in [6.07, 6.45) is -4.23. The topological polar surface area (TPSA) is 86.8 Å². The summed E-state index contributed by atoms with van der Waals surface area (Å²) in [5.74, 6) is -1.26. The predicted octanol–water partition coefficient (Wildman–Crippen LogP) is 6.57. The highest BCUT2D eigenvalue weighted by molar-refractivity contribution is 9.10. The Balaban J connectivity index is 2.11. The highest BCUT2D eigenvalue weighted by atomic mass is 79.9. The summed E-state index contributed by atoms with van der Waals surface area (Å²) in [5, 5.41) is 2.11. The standard InChI is InChI=1S/C29H30BrClF3N3O4S/c1-4-14-35-28(39)20(3)36(17-21-6-5-7-22(30)15-21)27(38)18-37(42(40,41)24-11-8-19(2)9-12-24)23-10-13-26(31)25(16-23)29(32,33)34/h5-13,15-16,20H,4,14,17-18H2,1-3H3,(H,35,39)/t20-/m1/s1. The number of rotatable bonds is 11. The minimum atomic E-state index is -4.88. The monoisotopic (exact) mass is 687 g/mol. The van der Waals surface area contributed by atoms with Gasteiger partial charge in [-0.05, 0) is 68.3 Å². The maximum Gasteiger partial charge on any atom is 0.417 e. The number of alkyl halides is 3. The van der Waals surface area contributed by atoms with Crippen molar-refractivity contribution in [2.75, 3.05) is 17.4 Å². The molecule has 3 rings (SSSR count). The largest absolute Gasteiger partial charge is 0.417 e. The normalized spacial score (nSPS) is 12.5. The zero-order chi connectivity index (χ0) is 31.2. The molecule has 0 heterocycles. The fourth-order valence-corrected chi connectivity index (χ4v) is 6.14. The molecule has 2 amide bonds. The van der Waals surface area contributed by atoms with E-state index in [1.165, 1.54) is 36.1 Å². The molecule has 0 fully saturated rings. The lowest BCUT2D eigenvalue weighted by Crippen LogP contribution is -2.51. The van der Waals surface area contributed by atoms with E-state index in [1.54, 1.807) is 31.2 Å². The summed E-state index contributed by atoms with van der Waals surface area (Å²) in [6, 6.07) is 14.3. The Labute approximate surface area is 256 Å². The van der Waals surface area contributed by atoms with Gasteiger partial charge in [-0.25, -0.2) is 8.42 Å². The van der Waals surface area contributed by atoms with Crippen LogP contribution in [0.3, 0.4) is 0 Å². The quantitative estimate of drug-likeness (QED) is 0.247. The van der Waals surface area contributed by atoms with Gasteiger partial charge in [-0.1, -0.05) is 64.3 Å². The lowest BCUT2D eigenvalue weighted by atomic mass is 10.1. The summed E-state index contributed by atoms with van der Waals surface area (Å²) in [7, 11) is -4.55. The predicted molar refractivity (Wildman–Crippen MR) is 160 cm³/mol. The van der Waals surface area contributed by atoms with E-state index in [-0.39, 0.29) is 11.4 Å². The molecule has 1 N–H and O–H groups in total. The molecule has 42 heavy (non-hydrogen) atoms. The minimum Gasteiger partial charge on any atom is -0.354 e. The van der Waals surface area contributed by atoms with Crippen LogP contribution in [0.2, 0.25) is 5.02 Å². The number of nitrogens with zero attached hydrogens (tertiary/aromatic N) is 2. The van der Waals surface area contributed by atoms with Crippen LogP contribution in [0.1, 0.15) is 37.0 Å². The molecule has 0 spiro atoms. The van der Waals surface area contributed by atoms with Crippen LogP contribution < -0.4 is 9.62 Å². The zero-order valence-electron chi connectivity index (χ0n) is 23.1. The molecule has 7 nitrogen and oxygen atoms in total. The van der Waals surface area contributed by atoms with Crippen molar-refractivity contribution in [1.82, 2.24) is 10.2 Å². The van der Waals surface area contributed by atoms with Gasteiger partial charge in [0, 0.05) is 17.6 Å². The molecule has 0 aromatic heterocycles. The maximum atomic E-state index is 13.9. The Morgan fingerprint density at radius 1 is 1.05 bits per heavy atom. The summed E-state index contributed by atoms with van der Waals surface area (Å²) in [4.78, 5) is 27.8. The fraction of sp³-hybridized carbons (Fsp3) is 0.310. The molecule has 0 radical (unpaired) electrons. The third-order valence-corrected chi connectivity index (χ3v) is 9.00. The number of anilines is 1. The van der Waals surface area contributed by atoms with E-state index in [0.29, 0.717) is 28.9 Å². The van der Waals surface area contributed by atoms with Crippen LogP contribution in [0.25, 0.3) is 0 Å². The van der Waals surface area contributed by atoms with E-state index in [1.807, 2.05) is 6.92 Å². The van der Waals surface area contributed by atoms with Crippen LogP contribution in [0, 0.1) is 6.92 Å². The molecule has 0 saturated heterocycles. The van der Waals surface area contributed by atoms with Crippen molar-refractivity contribution in [3.8, 4) is 0 Å². The van der Waals surface area contributed by atoms with Gasteiger partial charge < -0.3 is 10.2 Å². The van der Waals surface area contributed by atoms with Gasteiger partial charge in [0.25, 0.3) is 10.0 Å². The summed E-state index contributed by atoms with van der Waals surface area (Å²) in [6.45, 7) is 4.53. The number of hydrogen-bond acceptors (Lipinski definition) is 4. The van der Waals surface area contributed by atoms with Crippen LogP contribution in [0.4, 0.5) is 18.9 Å². The number of nitrogens with one attached hydrogen (secondary N) is 1. The molecule has 0 bridgehead atoms. The van der Waals surface area contributed by atoms with Gasteiger partial charge in [0.05, 0.1) is 21.2 Å². The van der Waals surface area contributed by atoms with Crippen molar-refractivity contribution >= 4 is 55.1 Å². The summed E-state index contributed by atoms with van der Waals surface area (Å²) in [5.41, 5.74) is -0.260. The van der Waals surface area contributed by atoms with Crippen molar-refractivity contribution in [1.29, 1.82) is 0 Å². The van der Waals surface area contributed by atoms with Gasteiger partial charge in [-0.2, -0.15) is 13.2 Å². The lowest BCUT2D eigenvalue weighted by Gasteiger charge is -2.32. The Hall–Kier alpha value is -3.09. The molecule has 1 atom stereocenters. The average Bonchev–Trinajstić information content (AvgIpc) is 2.92. The van der Waals surface area contributed by atoms with Crippen LogP contribution in [-0.4, -0.2) is 44.3 Å². The second-order valence-electron chi connectivity index (χ2n) is 9.61. The SMILES string of the molecule is CCCNC(=O)[C@@H](C)N(Cc1cccc(Br)c1)C(=O)CN(c1ccc(Cl)c(C(F)(F)F)c1)S(=O)(=O)c1ccc(C)cc1. The number of halogens is 5. The molecular weight excluding hydrogens is 659 g/mol. The second kappa shape index (κ2) is 13.9. The number of aryl methyl sites for hydroxylation is 1. The molecule has 0 aliphatic rings. The molecule has 0 aliphatic carbocycles. The van der Waals surface area contributed by atoms with E-state index in [9.17, 15) is 31.2 Å². The highest BCUT2D eigenvalue weighted by Gasteiger charge is 2.37. The van der Waals surface area contributed by atoms with E-state index in [0.717, 1.165) is 22.2 Å². The summed E-state index contributed by atoms with van der Waals surface area (Å²) < 4.78 is 70.3. The number of amides is 2. The Morgan fingerprint density at radius 3 is 2.31 bits per heavy atom. The zero-order valence-corrected chi connectivity index (χ0v) is 26.2. The minimum absolute atomic E-state index is 0.0637. The highest BCUT2D eigenvalue weighted by Crippen LogP contribution is 2.38. The Morgan fingerprint density at radius 2 is 1.71 bits per heavy atom. The van der Waals surface area contributed by atoms with Crippen molar-refractivity contribution in [2.24, 2.45) is 0 Å². The third-order valence-electron chi connectivity index (χ3n) is 6.39. The number of carbonyl (C=O) groups is 2.